The van der Waals surface area contributed by atoms with Gasteiger partial charge in [0, 0.05) is 11.1 Å². The number of rotatable bonds is 8. The molecule has 4 rings (SSSR count). The van der Waals surface area contributed by atoms with Crippen molar-refractivity contribution in [3.05, 3.63) is 41.5 Å². The molecule has 0 bridgehead atoms. The molecule has 1 atom stereocenters. The van der Waals surface area contributed by atoms with Crippen LogP contribution in [0.4, 0.5) is 0 Å². The quantitative estimate of drug-likeness (QED) is 0.625. The average molecular weight is 429 g/mol. The second kappa shape index (κ2) is 7.80. The van der Waals surface area contributed by atoms with E-state index in [4.69, 9.17) is 23.1 Å². The van der Waals surface area contributed by atoms with Crippen LogP contribution in [-0.2, 0) is 16.1 Å². The van der Waals surface area contributed by atoms with Gasteiger partial charge in [-0.05, 0) is 48.6 Å². The predicted octanol–water partition coefficient (Wildman–Crippen LogP) is 4.31. The van der Waals surface area contributed by atoms with Crippen molar-refractivity contribution in [1.29, 1.82) is 0 Å². The standard InChI is InChI=1S/C24H26O7/c1-13(2)21(24(9-10-24)23(26)27)31-19-16(7-8-18(28-3)20(19)29-4)14-5-6-17-15(11-14)12-30-22(17)25/h5-8,11,13,21H,9-10,12H2,1-4H3,(H,26,27)/i4D3. The number of esters is 1. The van der Waals surface area contributed by atoms with Gasteiger partial charge < -0.3 is 24.1 Å². The lowest BCUT2D eigenvalue weighted by Crippen LogP contribution is -2.39. The summed E-state index contributed by atoms with van der Waals surface area (Å²) in [4.78, 5) is 24.0. The molecule has 1 N–H and O–H groups in total. The predicted molar refractivity (Wildman–Crippen MR) is 113 cm³/mol. The van der Waals surface area contributed by atoms with E-state index >= 15 is 0 Å². The van der Waals surface area contributed by atoms with Crippen LogP contribution in [0, 0.1) is 11.3 Å². The summed E-state index contributed by atoms with van der Waals surface area (Å²) in [6.45, 7) is 3.84. The molecular formula is C24H26O7. The molecule has 0 saturated heterocycles. The summed E-state index contributed by atoms with van der Waals surface area (Å²) in [7, 11) is -1.43. The van der Waals surface area contributed by atoms with Crippen LogP contribution in [-0.4, -0.2) is 37.3 Å². The number of carboxylic acids is 1. The van der Waals surface area contributed by atoms with Crippen molar-refractivity contribution in [2.45, 2.75) is 39.4 Å². The molecule has 1 unspecified atom stereocenters. The van der Waals surface area contributed by atoms with Crippen molar-refractivity contribution in [2.24, 2.45) is 11.3 Å². The van der Waals surface area contributed by atoms with E-state index in [1.165, 1.54) is 7.11 Å². The van der Waals surface area contributed by atoms with E-state index in [0.29, 0.717) is 35.1 Å². The summed E-state index contributed by atoms with van der Waals surface area (Å²) in [5.41, 5.74) is 1.19. The van der Waals surface area contributed by atoms with Crippen LogP contribution in [0.2, 0.25) is 0 Å². The number of methoxy groups -OCH3 is 2. The highest BCUT2D eigenvalue weighted by molar-refractivity contribution is 5.94. The fraction of sp³-hybridized carbons (Fsp3) is 0.417. The van der Waals surface area contributed by atoms with E-state index in [-0.39, 0.29) is 29.8 Å². The topological polar surface area (TPSA) is 91.3 Å². The molecule has 2 aliphatic rings. The van der Waals surface area contributed by atoms with Gasteiger partial charge in [0.2, 0.25) is 5.75 Å². The summed E-state index contributed by atoms with van der Waals surface area (Å²) in [6, 6.07) is 8.36. The molecule has 164 valence electrons. The van der Waals surface area contributed by atoms with Gasteiger partial charge in [-0.3, -0.25) is 4.79 Å². The Morgan fingerprint density at radius 2 is 1.90 bits per heavy atom. The van der Waals surface area contributed by atoms with Crippen LogP contribution in [0.5, 0.6) is 17.2 Å². The monoisotopic (exact) mass is 429 g/mol. The first-order valence-electron chi connectivity index (χ1n) is 11.6. The number of carbonyl (C=O) groups excluding carboxylic acids is 1. The lowest BCUT2D eigenvalue weighted by atomic mass is 9.90. The Morgan fingerprint density at radius 1 is 1.16 bits per heavy atom. The smallest absolute Gasteiger partial charge is 0.338 e. The van der Waals surface area contributed by atoms with Crippen LogP contribution >= 0.6 is 0 Å². The second-order valence-corrected chi connectivity index (χ2v) is 8.27. The maximum Gasteiger partial charge on any atom is 0.338 e. The Kier molecular flexibility index (Phi) is 4.39. The summed E-state index contributed by atoms with van der Waals surface area (Å²) in [6.07, 6.45) is 0.172. The molecule has 1 aliphatic carbocycles. The van der Waals surface area contributed by atoms with Crippen molar-refractivity contribution in [1.82, 2.24) is 0 Å². The zero-order valence-electron chi connectivity index (χ0n) is 20.6. The Bertz CT molecular complexity index is 1140. The number of aliphatic carboxylic acids is 1. The van der Waals surface area contributed by atoms with Crippen LogP contribution < -0.4 is 14.2 Å². The van der Waals surface area contributed by atoms with E-state index in [1.54, 1.807) is 30.3 Å². The third kappa shape index (κ3) is 3.48. The van der Waals surface area contributed by atoms with Gasteiger partial charge >= 0.3 is 11.9 Å². The highest BCUT2D eigenvalue weighted by Crippen LogP contribution is 2.54. The molecule has 0 aromatic heterocycles. The van der Waals surface area contributed by atoms with Gasteiger partial charge in [-0.25, -0.2) is 4.79 Å². The van der Waals surface area contributed by atoms with E-state index in [0.717, 1.165) is 0 Å². The minimum absolute atomic E-state index is 0.0758. The molecule has 7 nitrogen and oxygen atoms in total. The van der Waals surface area contributed by atoms with Gasteiger partial charge in [0.1, 0.15) is 18.1 Å². The van der Waals surface area contributed by atoms with Gasteiger partial charge in [0.05, 0.1) is 23.8 Å². The highest BCUT2D eigenvalue weighted by Gasteiger charge is 2.59. The molecule has 2 aromatic rings. The Labute approximate surface area is 185 Å². The zero-order chi connectivity index (χ0) is 24.8. The molecule has 7 heteroatoms. The number of ether oxygens (including phenoxy) is 4. The van der Waals surface area contributed by atoms with Gasteiger partial charge in [-0.1, -0.05) is 19.9 Å². The Balaban J connectivity index is 1.89. The van der Waals surface area contributed by atoms with E-state index in [9.17, 15) is 14.7 Å². The maximum absolute atomic E-state index is 12.1. The van der Waals surface area contributed by atoms with Crippen molar-refractivity contribution in [3.8, 4) is 28.4 Å². The Hall–Kier alpha value is -3.22. The summed E-state index contributed by atoms with van der Waals surface area (Å²) < 4.78 is 45.1. The first-order chi connectivity index (χ1) is 16.0. The Morgan fingerprint density at radius 3 is 2.52 bits per heavy atom. The SMILES string of the molecule is [2H]C([2H])([2H])Oc1c(OC)ccc(-c2ccc3c(c2)COC3=O)c1OC(C(C)C)C1(C(=O)O)CC1. The molecule has 0 amide bonds. The molecule has 1 aliphatic heterocycles. The number of fused-ring (bicyclic) bond motifs is 1. The number of cyclic esters (lactones) is 1. The van der Waals surface area contributed by atoms with E-state index < -0.39 is 30.5 Å². The normalized spacial score (nSPS) is 18.8. The van der Waals surface area contributed by atoms with Crippen LogP contribution in [0.3, 0.4) is 0 Å². The summed E-state index contributed by atoms with van der Waals surface area (Å²) >= 11 is 0. The first kappa shape index (κ1) is 17.5. The zero-order valence-corrected chi connectivity index (χ0v) is 17.6. The molecule has 31 heavy (non-hydrogen) atoms. The summed E-state index contributed by atoms with van der Waals surface area (Å²) in [5, 5.41) is 9.90. The third-order valence-corrected chi connectivity index (χ3v) is 6.00. The lowest BCUT2D eigenvalue weighted by molar-refractivity contribution is -0.148. The average Bonchev–Trinajstić information content (AvgIpc) is 3.49. The largest absolute Gasteiger partial charge is 0.493 e. The fourth-order valence-corrected chi connectivity index (χ4v) is 4.22. The molecule has 1 heterocycles. The summed E-state index contributed by atoms with van der Waals surface area (Å²) in [5.74, 6) is -1.48. The minimum Gasteiger partial charge on any atom is -0.493 e. The van der Waals surface area contributed by atoms with Crippen LogP contribution in [0.25, 0.3) is 11.1 Å². The van der Waals surface area contributed by atoms with Crippen LogP contribution in [0.15, 0.2) is 30.3 Å². The number of carboxylic acid groups (broad SMARTS) is 1. The molecule has 0 radical (unpaired) electrons. The lowest BCUT2D eigenvalue weighted by Gasteiger charge is -2.30. The molecule has 0 spiro atoms. The second-order valence-electron chi connectivity index (χ2n) is 8.27. The van der Waals surface area contributed by atoms with Crippen molar-refractivity contribution in [2.75, 3.05) is 14.1 Å². The highest BCUT2D eigenvalue weighted by atomic mass is 16.5. The van der Waals surface area contributed by atoms with E-state index in [1.807, 2.05) is 13.8 Å². The third-order valence-electron chi connectivity index (χ3n) is 6.00. The number of carbonyl (C=O) groups is 2. The van der Waals surface area contributed by atoms with Gasteiger partial charge in [0.25, 0.3) is 0 Å². The van der Waals surface area contributed by atoms with Crippen molar-refractivity contribution in [3.63, 3.8) is 0 Å². The number of benzene rings is 2. The minimum atomic E-state index is -2.81. The molecular weight excluding hydrogens is 400 g/mol. The first-order valence-corrected chi connectivity index (χ1v) is 10.1. The van der Waals surface area contributed by atoms with Gasteiger partial charge in [-0.2, -0.15) is 0 Å². The maximum atomic E-state index is 12.1. The molecule has 2 aromatic carbocycles. The fourth-order valence-electron chi connectivity index (χ4n) is 4.22. The van der Waals surface area contributed by atoms with Gasteiger partial charge in [0.15, 0.2) is 11.5 Å². The molecule has 1 saturated carbocycles. The molecule has 1 fully saturated rings. The van der Waals surface area contributed by atoms with Crippen molar-refractivity contribution >= 4 is 11.9 Å². The van der Waals surface area contributed by atoms with Gasteiger partial charge in [-0.15, -0.1) is 0 Å². The van der Waals surface area contributed by atoms with Crippen molar-refractivity contribution < 1.29 is 37.8 Å². The number of hydrogen-bond donors (Lipinski definition) is 1. The van der Waals surface area contributed by atoms with Crippen LogP contribution in [0.1, 0.15) is 46.7 Å². The number of hydrogen-bond acceptors (Lipinski definition) is 6. The van der Waals surface area contributed by atoms with E-state index in [2.05, 4.69) is 0 Å².